The molecule has 4 rings (SSSR count). The lowest BCUT2D eigenvalue weighted by Crippen LogP contribution is -2.22. The highest BCUT2D eigenvalue weighted by molar-refractivity contribution is 5.98. The third kappa shape index (κ3) is 3.94. The first-order valence-electron chi connectivity index (χ1n) is 9.82. The number of fused-ring (bicyclic) bond motifs is 1. The van der Waals surface area contributed by atoms with Crippen LogP contribution in [0.2, 0.25) is 0 Å². The molecule has 0 fully saturated rings. The van der Waals surface area contributed by atoms with Crippen molar-refractivity contribution >= 4 is 16.9 Å². The number of hydrogen-bond acceptors (Lipinski definition) is 3. The van der Waals surface area contributed by atoms with E-state index in [1.54, 1.807) is 0 Å². The maximum absolute atomic E-state index is 12.7. The molecule has 5 nitrogen and oxygen atoms in total. The summed E-state index contributed by atoms with van der Waals surface area (Å²) in [5.74, 6) is 0.808. The Balaban J connectivity index is 1.58. The molecule has 0 atom stereocenters. The molecule has 1 heterocycles. The van der Waals surface area contributed by atoms with Gasteiger partial charge >= 0.3 is 0 Å². The summed E-state index contributed by atoms with van der Waals surface area (Å²) in [6, 6.07) is 23.3. The van der Waals surface area contributed by atoms with Crippen molar-refractivity contribution in [2.75, 3.05) is 0 Å². The normalized spacial score (nSPS) is 10.7. The van der Waals surface area contributed by atoms with E-state index in [0.717, 1.165) is 33.5 Å². The second kappa shape index (κ2) is 8.22. The van der Waals surface area contributed by atoms with Crippen molar-refractivity contribution < 1.29 is 4.79 Å². The van der Waals surface area contributed by atoms with Crippen molar-refractivity contribution in [3.05, 3.63) is 100 Å². The number of imidazole rings is 1. The predicted molar refractivity (Wildman–Crippen MR) is 117 cm³/mol. The number of rotatable bonds is 5. The van der Waals surface area contributed by atoms with E-state index in [9.17, 15) is 4.79 Å². The van der Waals surface area contributed by atoms with Gasteiger partial charge in [0.25, 0.3) is 5.91 Å². The van der Waals surface area contributed by atoms with Crippen molar-refractivity contribution in [2.24, 2.45) is 7.05 Å². The van der Waals surface area contributed by atoms with Crippen LogP contribution in [0.25, 0.3) is 11.0 Å². The van der Waals surface area contributed by atoms with Crippen LogP contribution in [0.4, 0.5) is 0 Å². The van der Waals surface area contributed by atoms with Gasteiger partial charge in [-0.15, -0.1) is 0 Å². The molecule has 3 aromatic carbocycles. The zero-order chi connectivity index (χ0) is 21.1. The topological polar surface area (TPSA) is 70.7 Å². The number of aryl methyl sites for hydroxylation is 2. The van der Waals surface area contributed by atoms with Crippen molar-refractivity contribution in [1.82, 2.24) is 14.9 Å². The third-order valence-electron chi connectivity index (χ3n) is 5.26. The maximum Gasteiger partial charge on any atom is 0.251 e. The van der Waals surface area contributed by atoms with Gasteiger partial charge in [-0.05, 0) is 47.9 Å². The van der Waals surface area contributed by atoms with Gasteiger partial charge in [0.05, 0.1) is 22.7 Å². The lowest BCUT2D eigenvalue weighted by molar-refractivity contribution is 0.0951. The van der Waals surface area contributed by atoms with Crippen molar-refractivity contribution in [2.45, 2.75) is 19.9 Å². The van der Waals surface area contributed by atoms with Gasteiger partial charge in [-0.1, -0.05) is 42.5 Å². The van der Waals surface area contributed by atoms with Crippen molar-refractivity contribution in [1.29, 1.82) is 5.26 Å². The first-order valence-corrected chi connectivity index (χ1v) is 9.82. The van der Waals surface area contributed by atoms with Crippen LogP contribution in [0.1, 0.15) is 38.4 Å². The summed E-state index contributed by atoms with van der Waals surface area (Å²) in [6.45, 7) is 2.49. The predicted octanol–water partition coefficient (Wildman–Crippen LogP) is 4.27. The smallest absolute Gasteiger partial charge is 0.251 e. The Morgan fingerprint density at radius 3 is 2.50 bits per heavy atom. The van der Waals surface area contributed by atoms with E-state index >= 15 is 0 Å². The van der Waals surface area contributed by atoms with Crippen LogP contribution < -0.4 is 5.32 Å². The van der Waals surface area contributed by atoms with E-state index in [2.05, 4.69) is 16.0 Å². The number of aromatic nitrogens is 2. The quantitative estimate of drug-likeness (QED) is 0.549. The summed E-state index contributed by atoms with van der Waals surface area (Å²) in [5, 5.41) is 11.9. The second-order valence-electron chi connectivity index (χ2n) is 7.40. The molecule has 0 spiro atoms. The third-order valence-corrected chi connectivity index (χ3v) is 5.26. The number of hydrogen-bond donors (Lipinski definition) is 1. The molecule has 1 aromatic heterocycles. The Hall–Kier alpha value is -3.91. The molecule has 5 heteroatoms. The summed E-state index contributed by atoms with van der Waals surface area (Å²) in [6.07, 6.45) is 0.659. The highest BCUT2D eigenvalue weighted by atomic mass is 16.1. The van der Waals surface area contributed by atoms with Crippen LogP contribution in [-0.4, -0.2) is 15.5 Å². The van der Waals surface area contributed by atoms with Gasteiger partial charge in [-0.3, -0.25) is 4.79 Å². The van der Waals surface area contributed by atoms with Crippen molar-refractivity contribution in [3.8, 4) is 6.07 Å². The number of nitriles is 1. The fourth-order valence-corrected chi connectivity index (χ4v) is 3.67. The van der Waals surface area contributed by atoms with Gasteiger partial charge in [-0.2, -0.15) is 5.26 Å². The largest absolute Gasteiger partial charge is 0.348 e. The van der Waals surface area contributed by atoms with Gasteiger partial charge in [0.15, 0.2) is 0 Å². The van der Waals surface area contributed by atoms with E-state index in [0.29, 0.717) is 24.1 Å². The zero-order valence-electron chi connectivity index (χ0n) is 17.0. The molecule has 0 aliphatic heterocycles. The molecular formula is C25H22N4O. The minimum absolute atomic E-state index is 0.108. The monoisotopic (exact) mass is 394 g/mol. The number of benzene rings is 3. The molecule has 148 valence electrons. The number of amides is 1. The van der Waals surface area contributed by atoms with E-state index in [1.165, 1.54) is 0 Å². The molecule has 0 aliphatic carbocycles. The molecule has 0 saturated heterocycles. The van der Waals surface area contributed by atoms with Gasteiger partial charge in [0, 0.05) is 25.6 Å². The number of nitrogens with one attached hydrogen (secondary N) is 1. The summed E-state index contributed by atoms with van der Waals surface area (Å²) in [7, 11) is 2.00. The molecule has 1 N–H and O–H groups in total. The van der Waals surface area contributed by atoms with E-state index in [4.69, 9.17) is 10.2 Å². The highest BCUT2D eigenvalue weighted by Crippen LogP contribution is 2.23. The molecule has 0 saturated carbocycles. The maximum atomic E-state index is 12.7. The lowest BCUT2D eigenvalue weighted by atomic mass is 10.1. The Bertz CT molecular complexity index is 1250. The molecule has 0 unspecified atom stereocenters. The van der Waals surface area contributed by atoms with Gasteiger partial charge in [0.2, 0.25) is 0 Å². The van der Waals surface area contributed by atoms with E-state index < -0.39 is 0 Å². The van der Waals surface area contributed by atoms with Gasteiger partial charge in [-0.25, -0.2) is 4.98 Å². The summed E-state index contributed by atoms with van der Waals surface area (Å²) >= 11 is 0. The van der Waals surface area contributed by atoms with Crippen LogP contribution >= 0.6 is 0 Å². The van der Waals surface area contributed by atoms with Crippen molar-refractivity contribution in [3.63, 3.8) is 0 Å². The molecule has 0 bridgehead atoms. The van der Waals surface area contributed by atoms with Crippen LogP contribution in [-0.2, 0) is 20.0 Å². The van der Waals surface area contributed by atoms with Crippen LogP contribution in [0.5, 0.6) is 0 Å². The molecule has 0 radical (unpaired) electrons. The molecular weight excluding hydrogens is 372 g/mol. The Morgan fingerprint density at radius 1 is 1.07 bits per heavy atom. The first kappa shape index (κ1) is 19.4. The first-order chi connectivity index (χ1) is 14.5. The average Bonchev–Trinajstić information content (AvgIpc) is 3.08. The fraction of sp³-hybridized carbons (Fsp3) is 0.160. The molecule has 0 aliphatic rings. The van der Waals surface area contributed by atoms with Crippen LogP contribution in [0.15, 0.2) is 66.7 Å². The number of carbonyl (C=O) groups is 1. The molecule has 30 heavy (non-hydrogen) atoms. The van der Waals surface area contributed by atoms with Crippen LogP contribution in [0, 0.1) is 18.3 Å². The van der Waals surface area contributed by atoms with E-state index in [1.807, 2.05) is 80.7 Å². The number of nitrogens with zero attached hydrogens (tertiary/aromatic N) is 3. The zero-order valence-corrected chi connectivity index (χ0v) is 17.0. The SMILES string of the molecule is Cc1cc(C(=O)NCc2ccccc2)cc2nc(Cc3ccc(C#N)cc3)n(C)c12. The van der Waals surface area contributed by atoms with E-state index in [-0.39, 0.29) is 5.91 Å². The summed E-state index contributed by atoms with van der Waals surface area (Å²) in [5.41, 5.74) is 6.25. The Kier molecular flexibility index (Phi) is 5.32. The van der Waals surface area contributed by atoms with Gasteiger partial charge < -0.3 is 9.88 Å². The molecule has 4 aromatic rings. The fourth-order valence-electron chi connectivity index (χ4n) is 3.67. The minimum atomic E-state index is -0.108. The second-order valence-corrected chi connectivity index (χ2v) is 7.40. The molecule has 1 amide bonds. The van der Waals surface area contributed by atoms with Crippen LogP contribution in [0.3, 0.4) is 0 Å². The van der Waals surface area contributed by atoms with Gasteiger partial charge in [0.1, 0.15) is 5.82 Å². The summed E-state index contributed by atoms with van der Waals surface area (Å²) < 4.78 is 2.08. The standard InChI is InChI=1S/C25H22N4O/c1-17-12-21(25(30)27-16-20-6-4-3-5-7-20)14-22-24(17)29(2)23(28-22)13-18-8-10-19(15-26)11-9-18/h3-12,14H,13,16H2,1-2H3,(H,27,30). The lowest BCUT2D eigenvalue weighted by Gasteiger charge is -2.08. The Labute approximate surface area is 175 Å². The number of carbonyl (C=O) groups excluding carboxylic acids is 1. The Morgan fingerprint density at radius 2 is 1.80 bits per heavy atom. The average molecular weight is 394 g/mol. The minimum Gasteiger partial charge on any atom is -0.348 e. The highest BCUT2D eigenvalue weighted by Gasteiger charge is 2.15. The summed E-state index contributed by atoms with van der Waals surface area (Å²) in [4.78, 5) is 17.5.